The van der Waals surface area contributed by atoms with Gasteiger partial charge in [0, 0.05) is 37.2 Å². The normalized spacial score (nSPS) is 21.3. The zero-order valence-electron chi connectivity index (χ0n) is 10.4. The Morgan fingerprint density at radius 3 is 2.89 bits per heavy atom. The third kappa shape index (κ3) is 2.58. The van der Waals surface area contributed by atoms with Crippen molar-refractivity contribution in [2.75, 3.05) is 13.3 Å². The van der Waals surface area contributed by atoms with Crippen LogP contribution in [0.1, 0.15) is 18.4 Å². The number of hydrogen-bond donors (Lipinski definition) is 3. The molecule has 6 heteroatoms. The minimum Gasteiger partial charge on any atom is -0.507 e. The maximum Gasteiger partial charge on any atom is 0.231 e. The van der Waals surface area contributed by atoms with Gasteiger partial charge < -0.3 is 25.2 Å². The Balaban J connectivity index is 1.62. The van der Waals surface area contributed by atoms with Gasteiger partial charge in [0.05, 0.1) is 0 Å². The number of rotatable bonds is 3. The summed E-state index contributed by atoms with van der Waals surface area (Å²) < 4.78 is 10.5. The van der Waals surface area contributed by atoms with E-state index in [2.05, 4.69) is 10.6 Å². The maximum atomic E-state index is 11.1. The minimum atomic E-state index is 0.101. The van der Waals surface area contributed by atoms with E-state index >= 15 is 0 Å². The number of hydrogen-bond acceptors (Lipinski definition) is 5. The Kier molecular flexibility index (Phi) is 3.16. The van der Waals surface area contributed by atoms with Gasteiger partial charge in [-0.25, -0.2) is 0 Å². The average molecular weight is 264 g/mol. The highest BCUT2D eigenvalue weighted by atomic mass is 16.7. The highest BCUT2D eigenvalue weighted by Gasteiger charge is 2.20. The van der Waals surface area contributed by atoms with E-state index in [4.69, 9.17) is 9.47 Å². The van der Waals surface area contributed by atoms with Crippen LogP contribution in [-0.4, -0.2) is 30.4 Å². The standard InChI is InChI=1S/C13H16N2O4/c16-10-4-12-11(18-7-19-12)3-8(10)5-14-9-1-2-13(17)15-6-9/h3-4,9,14,16H,1-2,5-7H2,(H,15,17). The number of aromatic hydroxyl groups is 1. The van der Waals surface area contributed by atoms with E-state index in [9.17, 15) is 9.90 Å². The van der Waals surface area contributed by atoms with Crippen molar-refractivity contribution < 1.29 is 19.4 Å². The highest BCUT2D eigenvalue weighted by Crippen LogP contribution is 2.37. The number of piperidine rings is 1. The number of amides is 1. The zero-order chi connectivity index (χ0) is 13.2. The lowest BCUT2D eigenvalue weighted by molar-refractivity contribution is -0.122. The number of ether oxygens (including phenoxy) is 2. The topological polar surface area (TPSA) is 79.8 Å². The molecule has 2 heterocycles. The van der Waals surface area contributed by atoms with Crippen molar-refractivity contribution in [1.82, 2.24) is 10.6 Å². The van der Waals surface area contributed by atoms with Gasteiger partial charge in [0.2, 0.25) is 12.7 Å². The summed E-state index contributed by atoms with van der Waals surface area (Å²) in [4.78, 5) is 11.1. The third-order valence-electron chi connectivity index (χ3n) is 3.42. The number of nitrogens with one attached hydrogen (secondary N) is 2. The van der Waals surface area contributed by atoms with E-state index in [1.165, 1.54) is 0 Å². The molecule has 1 unspecified atom stereocenters. The summed E-state index contributed by atoms with van der Waals surface area (Å²) in [5, 5.41) is 16.0. The molecule has 2 aliphatic rings. The van der Waals surface area contributed by atoms with Gasteiger partial charge in [-0.2, -0.15) is 0 Å². The van der Waals surface area contributed by atoms with Crippen molar-refractivity contribution in [3.05, 3.63) is 17.7 Å². The number of carbonyl (C=O) groups excluding carboxylic acids is 1. The van der Waals surface area contributed by atoms with Gasteiger partial charge in [0.15, 0.2) is 11.5 Å². The van der Waals surface area contributed by atoms with Crippen LogP contribution in [0.4, 0.5) is 0 Å². The van der Waals surface area contributed by atoms with Crippen molar-refractivity contribution in [3.63, 3.8) is 0 Å². The predicted octanol–water partition coefficient (Wildman–Crippen LogP) is 0.489. The summed E-state index contributed by atoms with van der Waals surface area (Å²) in [6, 6.07) is 3.59. The lowest BCUT2D eigenvalue weighted by atomic mass is 10.1. The molecule has 0 saturated carbocycles. The minimum absolute atomic E-state index is 0.101. The van der Waals surface area contributed by atoms with Crippen molar-refractivity contribution in [1.29, 1.82) is 0 Å². The fraction of sp³-hybridized carbons (Fsp3) is 0.462. The van der Waals surface area contributed by atoms with Crippen LogP contribution in [0.3, 0.4) is 0 Å². The van der Waals surface area contributed by atoms with Crippen molar-refractivity contribution >= 4 is 5.91 Å². The largest absolute Gasteiger partial charge is 0.507 e. The molecule has 0 radical (unpaired) electrons. The van der Waals surface area contributed by atoms with Crippen molar-refractivity contribution in [2.24, 2.45) is 0 Å². The molecule has 1 aromatic carbocycles. The first-order chi connectivity index (χ1) is 9.22. The summed E-state index contributed by atoms with van der Waals surface area (Å²) in [6.07, 6.45) is 1.36. The van der Waals surface area contributed by atoms with Crippen LogP contribution < -0.4 is 20.1 Å². The molecule has 0 aliphatic carbocycles. The second-order valence-corrected chi connectivity index (χ2v) is 4.75. The maximum absolute atomic E-state index is 11.1. The number of benzene rings is 1. The van der Waals surface area contributed by atoms with Gasteiger partial charge in [0.1, 0.15) is 5.75 Å². The molecule has 3 rings (SSSR count). The molecule has 6 nitrogen and oxygen atoms in total. The van der Waals surface area contributed by atoms with Gasteiger partial charge in [-0.05, 0) is 12.5 Å². The summed E-state index contributed by atoms with van der Waals surface area (Å²) in [7, 11) is 0. The monoisotopic (exact) mass is 264 g/mol. The Morgan fingerprint density at radius 1 is 1.37 bits per heavy atom. The SMILES string of the molecule is O=C1CCC(NCc2cc3c(cc2O)OCO3)CN1. The summed E-state index contributed by atoms with van der Waals surface area (Å²) in [5.41, 5.74) is 0.765. The van der Waals surface area contributed by atoms with Crippen LogP contribution in [0.5, 0.6) is 17.2 Å². The molecule has 1 fully saturated rings. The fourth-order valence-electron chi connectivity index (χ4n) is 2.28. The third-order valence-corrected chi connectivity index (χ3v) is 3.42. The smallest absolute Gasteiger partial charge is 0.231 e. The highest BCUT2D eigenvalue weighted by molar-refractivity contribution is 5.76. The Hall–Kier alpha value is -1.95. The Bertz CT molecular complexity index is 494. The van der Waals surface area contributed by atoms with Crippen molar-refractivity contribution in [3.8, 4) is 17.2 Å². The van der Waals surface area contributed by atoms with Crippen LogP contribution in [0.2, 0.25) is 0 Å². The first-order valence-electron chi connectivity index (χ1n) is 6.34. The molecule has 2 aliphatic heterocycles. The van der Waals surface area contributed by atoms with E-state index in [-0.39, 0.29) is 24.5 Å². The predicted molar refractivity (Wildman–Crippen MR) is 67.1 cm³/mol. The lowest BCUT2D eigenvalue weighted by Gasteiger charge is -2.23. The average Bonchev–Trinajstić information content (AvgIpc) is 2.85. The molecule has 19 heavy (non-hydrogen) atoms. The van der Waals surface area contributed by atoms with Crippen LogP contribution in [-0.2, 0) is 11.3 Å². The second kappa shape index (κ2) is 4.97. The Labute approximate surface area is 110 Å². The van der Waals surface area contributed by atoms with Crippen LogP contribution in [0, 0.1) is 0 Å². The Morgan fingerprint density at radius 2 is 2.16 bits per heavy atom. The second-order valence-electron chi connectivity index (χ2n) is 4.75. The molecule has 1 aromatic rings. The molecule has 1 saturated heterocycles. The number of carbonyl (C=O) groups is 1. The van der Waals surface area contributed by atoms with E-state index in [0.717, 1.165) is 12.0 Å². The summed E-state index contributed by atoms with van der Waals surface area (Å²) >= 11 is 0. The fourth-order valence-corrected chi connectivity index (χ4v) is 2.28. The van der Waals surface area contributed by atoms with E-state index in [0.29, 0.717) is 31.0 Å². The van der Waals surface area contributed by atoms with Gasteiger partial charge in [-0.3, -0.25) is 4.79 Å². The van der Waals surface area contributed by atoms with Gasteiger partial charge in [-0.1, -0.05) is 0 Å². The van der Waals surface area contributed by atoms with Gasteiger partial charge in [-0.15, -0.1) is 0 Å². The van der Waals surface area contributed by atoms with E-state index in [1.54, 1.807) is 12.1 Å². The first kappa shape index (κ1) is 12.1. The van der Waals surface area contributed by atoms with E-state index in [1.807, 2.05) is 0 Å². The number of fused-ring (bicyclic) bond motifs is 1. The molecule has 3 N–H and O–H groups in total. The van der Waals surface area contributed by atoms with Crippen LogP contribution in [0.15, 0.2) is 12.1 Å². The molecule has 1 atom stereocenters. The van der Waals surface area contributed by atoms with Crippen LogP contribution >= 0.6 is 0 Å². The molecule has 1 amide bonds. The van der Waals surface area contributed by atoms with Gasteiger partial charge in [0.25, 0.3) is 0 Å². The quantitative estimate of drug-likeness (QED) is 0.740. The van der Waals surface area contributed by atoms with Crippen molar-refractivity contribution in [2.45, 2.75) is 25.4 Å². The number of phenols is 1. The summed E-state index contributed by atoms with van der Waals surface area (Å²) in [5.74, 6) is 1.53. The number of phenolic OH excluding ortho intramolecular Hbond substituents is 1. The molecule has 102 valence electrons. The molecular formula is C13H16N2O4. The zero-order valence-corrected chi connectivity index (χ0v) is 10.4. The first-order valence-corrected chi connectivity index (χ1v) is 6.34. The molecule has 0 spiro atoms. The van der Waals surface area contributed by atoms with Crippen LogP contribution in [0.25, 0.3) is 0 Å². The van der Waals surface area contributed by atoms with E-state index < -0.39 is 0 Å². The molecular weight excluding hydrogens is 248 g/mol. The lowest BCUT2D eigenvalue weighted by Crippen LogP contribution is -2.45. The molecule has 0 aromatic heterocycles. The van der Waals surface area contributed by atoms with Gasteiger partial charge >= 0.3 is 0 Å². The summed E-state index contributed by atoms with van der Waals surface area (Å²) in [6.45, 7) is 1.35. The molecule has 0 bridgehead atoms.